The Kier molecular flexibility index (Phi) is 4.25. The average Bonchev–Trinajstić information content (AvgIpc) is 2.33. The zero-order valence-corrected chi connectivity index (χ0v) is 12.6. The fourth-order valence-corrected chi connectivity index (χ4v) is 2.52. The predicted molar refractivity (Wildman–Crippen MR) is 80.2 cm³/mol. The fraction of sp³-hybridized carbons (Fsp3) is 0.214. The molecule has 2 nitrogen and oxygen atoms in total. The quantitative estimate of drug-likeness (QED) is 0.805. The number of pyridine rings is 1. The summed E-state index contributed by atoms with van der Waals surface area (Å²) in [5, 5.41) is 4.20. The van der Waals surface area contributed by atoms with Crippen LogP contribution in [0.2, 0.25) is 5.02 Å². The van der Waals surface area contributed by atoms with Crippen molar-refractivity contribution in [3.63, 3.8) is 0 Å². The van der Waals surface area contributed by atoms with Crippen LogP contribution in [0, 0.1) is 6.92 Å². The SMILES string of the molecule is Cc1nc(Br)ccc1NC(C)c1ccccc1Cl. The highest BCUT2D eigenvalue weighted by atomic mass is 79.9. The highest BCUT2D eigenvalue weighted by Gasteiger charge is 2.10. The van der Waals surface area contributed by atoms with Crippen LogP contribution in [-0.4, -0.2) is 4.98 Å². The van der Waals surface area contributed by atoms with Gasteiger partial charge in [-0.3, -0.25) is 0 Å². The molecule has 18 heavy (non-hydrogen) atoms. The van der Waals surface area contributed by atoms with E-state index >= 15 is 0 Å². The first kappa shape index (κ1) is 13.4. The molecule has 2 aromatic rings. The van der Waals surface area contributed by atoms with Crippen molar-refractivity contribution in [2.45, 2.75) is 19.9 Å². The van der Waals surface area contributed by atoms with Crippen molar-refractivity contribution in [1.82, 2.24) is 4.98 Å². The molecule has 0 aliphatic heterocycles. The fourth-order valence-electron chi connectivity index (χ4n) is 1.82. The van der Waals surface area contributed by atoms with Gasteiger partial charge in [0.25, 0.3) is 0 Å². The highest BCUT2D eigenvalue weighted by Crippen LogP contribution is 2.27. The number of rotatable bonds is 3. The number of aryl methyl sites for hydroxylation is 1. The van der Waals surface area contributed by atoms with E-state index in [0.29, 0.717) is 0 Å². The highest BCUT2D eigenvalue weighted by molar-refractivity contribution is 9.10. The molecule has 1 aromatic heterocycles. The number of halogens is 2. The third-order valence-corrected chi connectivity index (χ3v) is 3.58. The van der Waals surface area contributed by atoms with Crippen LogP contribution in [0.4, 0.5) is 5.69 Å². The van der Waals surface area contributed by atoms with Gasteiger partial charge in [-0.25, -0.2) is 4.98 Å². The van der Waals surface area contributed by atoms with E-state index in [1.54, 1.807) is 0 Å². The third-order valence-electron chi connectivity index (χ3n) is 2.80. The average molecular weight is 326 g/mol. The summed E-state index contributed by atoms with van der Waals surface area (Å²) < 4.78 is 0.843. The van der Waals surface area contributed by atoms with E-state index in [1.807, 2.05) is 43.3 Å². The van der Waals surface area contributed by atoms with Gasteiger partial charge >= 0.3 is 0 Å². The van der Waals surface area contributed by atoms with Crippen molar-refractivity contribution in [2.24, 2.45) is 0 Å². The van der Waals surface area contributed by atoms with E-state index in [1.165, 1.54) is 0 Å². The van der Waals surface area contributed by atoms with Crippen LogP contribution in [0.1, 0.15) is 24.2 Å². The second kappa shape index (κ2) is 5.72. The zero-order chi connectivity index (χ0) is 13.1. The minimum absolute atomic E-state index is 0.139. The number of nitrogens with one attached hydrogen (secondary N) is 1. The van der Waals surface area contributed by atoms with Crippen LogP contribution in [-0.2, 0) is 0 Å². The summed E-state index contributed by atoms with van der Waals surface area (Å²) in [6.07, 6.45) is 0. The van der Waals surface area contributed by atoms with Crippen molar-refractivity contribution in [2.75, 3.05) is 5.32 Å². The van der Waals surface area contributed by atoms with Gasteiger partial charge < -0.3 is 5.32 Å². The molecule has 1 unspecified atom stereocenters. The van der Waals surface area contributed by atoms with E-state index < -0.39 is 0 Å². The molecule has 4 heteroatoms. The standard InChI is InChI=1S/C14H14BrClN2/c1-9(11-5-3-4-6-12(11)16)17-13-7-8-14(15)18-10(13)2/h3-9,17H,1-2H3. The molecule has 94 valence electrons. The lowest BCUT2D eigenvalue weighted by Gasteiger charge is -2.18. The molecule has 1 heterocycles. The second-order valence-electron chi connectivity index (χ2n) is 4.15. The molecule has 0 spiro atoms. The minimum Gasteiger partial charge on any atom is -0.377 e. The number of hydrogen-bond donors (Lipinski definition) is 1. The third kappa shape index (κ3) is 3.03. The van der Waals surface area contributed by atoms with Gasteiger partial charge in [0, 0.05) is 5.02 Å². The summed E-state index contributed by atoms with van der Waals surface area (Å²) in [6.45, 7) is 4.06. The predicted octanol–water partition coefficient (Wildman–Crippen LogP) is 4.98. The number of anilines is 1. The Hall–Kier alpha value is -1.06. The molecule has 0 saturated heterocycles. The van der Waals surface area contributed by atoms with E-state index in [4.69, 9.17) is 11.6 Å². The lowest BCUT2D eigenvalue weighted by Crippen LogP contribution is -2.08. The van der Waals surface area contributed by atoms with Crippen LogP contribution >= 0.6 is 27.5 Å². The normalized spacial score (nSPS) is 12.2. The minimum atomic E-state index is 0.139. The van der Waals surface area contributed by atoms with Gasteiger partial charge in [0.1, 0.15) is 4.60 Å². The molecule has 2 rings (SSSR count). The molecular weight excluding hydrogens is 312 g/mol. The summed E-state index contributed by atoms with van der Waals surface area (Å²) in [7, 11) is 0. The maximum atomic E-state index is 6.19. The molecule has 0 amide bonds. The van der Waals surface area contributed by atoms with E-state index in [9.17, 15) is 0 Å². The van der Waals surface area contributed by atoms with Crippen LogP contribution in [0.15, 0.2) is 41.0 Å². The summed E-state index contributed by atoms with van der Waals surface area (Å²) in [6, 6.07) is 11.9. The number of nitrogens with zero attached hydrogens (tertiary/aromatic N) is 1. The summed E-state index contributed by atoms with van der Waals surface area (Å²) in [5.74, 6) is 0. The van der Waals surface area contributed by atoms with Crippen molar-refractivity contribution < 1.29 is 0 Å². The molecule has 0 radical (unpaired) electrons. The first-order valence-electron chi connectivity index (χ1n) is 5.72. The first-order chi connectivity index (χ1) is 8.58. The van der Waals surface area contributed by atoms with Crippen LogP contribution in [0.25, 0.3) is 0 Å². The topological polar surface area (TPSA) is 24.9 Å². The Bertz CT molecular complexity index is 557. The van der Waals surface area contributed by atoms with Gasteiger partial charge in [-0.05, 0) is 53.5 Å². The van der Waals surface area contributed by atoms with Crippen LogP contribution in [0.5, 0.6) is 0 Å². The molecule has 0 fully saturated rings. The summed E-state index contributed by atoms with van der Waals surface area (Å²) in [4.78, 5) is 4.36. The molecular formula is C14H14BrClN2. The van der Waals surface area contributed by atoms with Gasteiger partial charge in [0.15, 0.2) is 0 Å². The number of benzene rings is 1. The monoisotopic (exact) mass is 324 g/mol. The molecule has 0 aliphatic rings. The van der Waals surface area contributed by atoms with Crippen molar-refractivity contribution in [3.05, 3.63) is 57.3 Å². The number of hydrogen-bond acceptors (Lipinski definition) is 2. The summed E-state index contributed by atoms with van der Waals surface area (Å²) >= 11 is 9.55. The first-order valence-corrected chi connectivity index (χ1v) is 6.89. The Balaban J connectivity index is 2.21. The molecule has 0 bridgehead atoms. The molecule has 1 N–H and O–H groups in total. The van der Waals surface area contributed by atoms with Crippen LogP contribution < -0.4 is 5.32 Å². The Morgan fingerprint density at radius 1 is 1.22 bits per heavy atom. The molecule has 0 saturated carbocycles. The second-order valence-corrected chi connectivity index (χ2v) is 5.37. The Morgan fingerprint density at radius 3 is 2.61 bits per heavy atom. The molecule has 1 aromatic carbocycles. The maximum Gasteiger partial charge on any atom is 0.106 e. The van der Waals surface area contributed by atoms with Gasteiger partial charge in [0.2, 0.25) is 0 Å². The lowest BCUT2D eigenvalue weighted by atomic mass is 10.1. The van der Waals surface area contributed by atoms with Gasteiger partial charge in [-0.2, -0.15) is 0 Å². The van der Waals surface area contributed by atoms with Gasteiger partial charge in [0.05, 0.1) is 17.4 Å². The zero-order valence-electron chi connectivity index (χ0n) is 10.2. The Morgan fingerprint density at radius 2 is 1.94 bits per heavy atom. The smallest absolute Gasteiger partial charge is 0.106 e. The van der Waals surface area contributed by atoms with Crippen molar-refractivity contribution in [1.29, 1.82) is 0 Å². The maximum absolute atomic E-state index is 6.19. The Labute approximate surface area is 121 Å². The van der Waals surface area contributed by atoms with Crippen LogP contribution in [0.3, 0.4) is 0 Å². The molecule has 0 aliphatic carbocycles. The van der Waals surface area contributed by atoms with Gasteiger partial charge in [-0.15, -0.1) is 0 Å². The molecule has 1 atom stereocenters. The van der Waals surface area contributed by atoms with Crippen molar-refractivity contribution in [3.8, 4) is 0 Å². The van der Waals surface area contributed by atoms with E-state index in [0.717, 1.165) is 26.6 Å². The lowest BCUT2D eigenvalue weighted by molar-refractivity contribution is 0.879. The van der Waals surface area contributed by atoms with Gasteiger partial charge in [-0.1, -0.05) is 29.8 Å². The number of aromatic nitrogens is 1. The van der Waals surface area contributed by atoms with E-state index in [-0.39, 0.29) is 6.04 Å². The largest absolute Gasteiger partial charge is 0.377 e. The summed E-state index contributed by atoms with van der Waals surface area (Å²) in [5.41, 5.74) is 3.07. The van der Waals surface area contributed by atoms with E-state index in [2.05, 4.69) is 33.2 Å². The van der Waals surface area contributed by atoms with Crippen molar-refractivity contribution >= 4 is 33.2 Å².